The molecular formula is C31H41N5O5S2. The van der Waals surface area contributed by atoms with Crippen LogP contribution in [0.2, 0.25) is 0 Å². The van der Waals surface area contributed by atoms with Gasteiger partial charge in [-0.1, -0.05) is 60.0 Å². The van der Waals surface area contributed by atoms with E-state index in [4.69, 9.17) is 4.74 Å². The first kappa shape index (κ1) is 32.8. The first-order chi connectivity index (χ1) is 20.7. The standard InChI is InChI=1S/C31H41N5O5S2/c1-31(2)30(40)34-24(21-41-20-22-12-5-3-6-13-22)29(39)36-18-11-15-25(36)28(38)33-23(27(37)35-31)14-7-4-10-19-42-43-26-16-8-9-17-32-26/h3,5-6,8-9,12-13,16-17,23-25H,4,7,10-11,14-15,18-21H2,1-2H3,(H,33,38)(H,34,40)(H,35,37). The maximum absolute atomic E-state index is 13.7. The van der Waals surface area contributed by atoms with Crippen molar-refractivity contribution in [2.45, 2.75) is 87.7 Å². The summed E-state index contributed by atoms with van der Waals surface area (Å²) in [7, 11) is 3.38. The Hall–Kier alpha value is -3.09. The van der Waals surface area contributed by atoms with E-state index in [1.807, 2.05) is 48.5 Å². The number of nitrogens with one attached hydrogen (secondary N) is 3. The van der Waals surface area contributed by atoms with Gasteiger partial charge in [-0.3, -0.25) is 19.2 Å². The fraction of sp³-hybridized carbons (Fsp3) is 0.516. The first-order valence-electron chi connectivity index (χ1n) is 14.8. The third-order valence-corrected chi connectivity index (χ3v) is 9.83. The fourth-order valence-electron chi connectivity index (χ4n) is 5.06. The zero-order valence-corrected chi connectivity index (χ0v) is 26.4. The van der Waals surface area contributed by atoms with Gasteiger partial charge in [-0.2, -0.15) is 0 Å². The number of carbonyl (C=O) groups is 4. The van der Waals surface area contributed by atoms with Crippen LogP contribution in [0.5, 0.6) is 0 Å². The van der Waals surface area contributed by atoms with E-state index in [1.54, 1.807) is 41.6 Å². The Morgan fingerprint density at radius 1 is 0.953 bits per heavy atom. The molecule has 1 aromatic heterocycles. The van der Waals surface area contributed by atoms with Gasteiger partial charge in [0.15, 0.2) is 0 Å². The number of amides is 4. The van der Waals surface area contributed by atoms with Gasteiger partial charge in [-0.15, -0.1) is 0 Å². The van der Waals surface area contributed by atoms with E-state index in [2.05, 4.69) is 20.9 Å². The number of aromatic nitrogens is 1. The summed E-state index contributed by atoms with van der Waals surface area (Å²) in [5, 5.41) is 9.48. The second kappa shape index (κ2) is 16.1. The number of nitrogens with zero attached hydrogens (tertiary/aromatic N) is 2. The molecule has 3 unspecified atom stereocenters. The van der Waals surface area contributed by atoms with Crippen molar-refractivity contribution in [2.24, 2.45) is 0 Å². The summed E-state index contributed by atoms with van der Waals surface area (Å²) in [6.45, 7) is 3.79. The minimum atomic E-state index is -1.32. The lowest BCUT2D eigenvalue weighted by atomic mass is 10.00. The van der Waals surface area contributed by atoms with E-state index in [-0.39, 0.29) is 25.0 Å². The maximum Gasteiger partial charge on any atom is 0.248 e. The summed E-state index contributed by atoms with van der Waals surface area (Å²) >= 11 is 0. The van der Waals surface area contributed by atoms with Gasteiger partial charge in [0.2, 0.25) is 23.6 Å². The number of rotatable bonds is 12. The summed E-state index contributed by atoms with van der Waals surface area (Å²) in [5.74, 6) is -0.679. The van der Waals surface area contributed by atoms with Crippen LogP contribution in [0.3, 0.4) is 0 Å². The van der Waals surface area contributed by atoms with Crippen LogP contribution in [-0.2, 0) is 30.5 Å². The molecule has 4 rings (SSSR count). The Bertz CT molecular complexity index is 1230. The molecule has 0 bridgehead atoms. The molecule has 0 radical (unpaired) electrons. The van der Waals surface area contributed by atoms with Crippen molar-refractivity contribution >= 4 is 45.2 Å². The lowest BCUT2D eigenvalue weighted by molar-refractivity contribution is -0.145. The van der Waals surface area contributed by atoms with Crippen molar-refractivity contribution in [2.75, 3.05) is 18.9 Å². The maximum atomic E-state index is 13.7. The number of hydrogen-bond acceptors (Lipinski definition) is 8. The molecule has 12 heteroatoms. The molecule has 0 aliphatic carbocycles. The number of ether oxygens (including phenoxy) is 1. The second-order valence-electron chi connectivity index (χ2n) is 11.3. The predicted octanol–water partition coefficient (Wildman–Crippen LogP) is 3.47. The molecule has 2 aromatic rings. The zero-order chi connectivity index (χ0) is 30.7. The molecule has 10 nitrogen and oxygen atoms in total. The van der Waals surface area contributed by atoms with Gasteiger partial charge < -0.3 is 25.6 Å². The topological polar surface area (TPSA) is 130 Å². The molecule has 2 saturated heterocycles. The van der Waals surface area contributed by atoms with E-state index in [0.717, 1.165) is 35.6 Å². The van der Waals surface area contributed by atoms with Gasteiger partial charge in [-0.25, -0.2) is 4.98 Å². The average molecular weight is 628 g/mol. The summed E-state index contributed by atoms with van der Waals surface area (Å²) in [5.41, 5.74) is -0.380. The Morgan fingerprint density at radius 2 is 1.74 bits per heavy atom. The van der Waals surface area contributed by atoms with Crippen molar-refractivity contribution in [1.29, 1.82) is 0 Å². The van der Waals surface area contributed by atoms with Crippen molar-refractivity contribution in [3.8, 4) is 0 Å². The van der Waals surface area contributed by atoms with Gasteiger partial charge >= 0.3 is 0 Å². The van der Waals surface area contributed by atoms with E-state index < -0.39 is 35.5 Å². The van der Waals surface area contributed by atoms with E-state index in [9.17, 15) is 19.2 Å². The van der Waals surface area contributed by atoms with Crippen LogP contribution in [0, 0.1) is 0 Å². The third kappa shape index (κ3) is 9.70. The molecule has 4 amide bonds. The van der Waals surface area contributed by atoms with Gasteiger partial charge in [-0.05, 0) is 68.0 Å². The minimum Gasteiger partial charge on any atom is -0.374 e. The molecule has 2 aliphatic rings. The molecule has 3 N–H and O–H groups in total. The number of pyridine rings is 1. The second-order valence-corrected chi connectivity index (χ2v) is 13.8. The van der Waals surface area contributed by atoms with Crippen molar-refractivity contribution in [1.82, 2.24) is 25.8 Å². The molecule has 1 aromatic carbocycles. The molecule has 43 heavy (non-hydrogen) atoms. The Balaban J connectivity index is 1.37. The van der Waals surface area contributed by atoms with Crippen molar-refractivity contribution in [3.63, 3.8) is 0 Å². The number of hydrogen-bond donors (Lipinski definition) is 3. The number of unbranched alkanes of at least 4 members (excludes halogenated alkanes) is 2. The van der Waals surface area contributed by atoms with Crippen molar-refractivity contribution < 1.29 is 23.9 Å². The summed E-state index contributed by atoms with van der Waals surface area (Å²) in [6, 6.07) is 12.9. The van der Waals surface area contributed by atoms with Crippen LogP contribution in [0.1, 0.15) is 57.9 Å². The molecule has 2 aliphatic heterocycles. The highest BCUT2D eigenvalue weighted by atomic mass is 33.1. The number of benzene rings is 1. The summed E-state index contributed by atoms with van der Waals surface area (Å²) in [6.07, 6.45) is 5.94. The fourth-order valence-corrected chi connectivity index (χ4v) is 7.08. The molecule has 0 saturated carbocycles. The average Bonchev–Trinajstić information content (AvgIpc) is 3.50. The number of fused-ring (bicyclic) bond motifs is 1. The third-order valence-electron chi connectivity index (χ3n) is 7.48. The summed E-state index contributed by atoms with van der Waals surface area (Å²) in [4.78, 5) is 59.7. The van der Waals surface area contributed by atoms with Crippen LogP contribution in [0.25, 0.3) is 0 Å². The predicted molar refractivity (Wildman–Crippen MR) is 168 cm³/mol. The van der Waals surface area contributed by atoms with Crippen LogP contribution in [0.15, 0.2) is 59.8 Å². The van der Waals surface area contributed by atoms with Gasteiger partial charge in [0.1, 0.15) is 28.7 Å². The molecular weight excluding hydrogens is 587 g/mol. The molecule has 232 valence electrons. The zero-order valence-electron chi connectivity index (χ0n) is 24.8. The van der Waals surface area contributed by atoms with Crippen LogP contribution in [0.4, 0.5) is 0 Å². The largest absolute Gasteiger partial charge is 0.374 e. The Morgan fingerprint density at radius 3 is 2.51 bits per heavy atom. The lowest BCUT2D eigenvalue weighted by Crippen LogP contribution is -2.65. The smallest absolute Gasteiger partial charge is 0.248 e. The Kier molecular flexibility index (Phi) is 12.3. The molecule has 3 heterocycles. The molecule has 0 spiro atoms. The highest BCUT2D eigenvalue weighted by Gasteiger charge is 2.42. The van der Waals surface area contributed by atoms with Crippen molar-refractivity contribution in [3.05, 3.63) is 60.3 Å². The van der Waals surface area contributed by atoms with Gasteiger partial charge in [0.05, 0.1) is 13.2 Å². The normalized spacial score (nSPS) is 22.6. The highest BCUT2D eigenvalue weighted by molar-refractivity contribution is 8.76. The number of carbonyl (C=O) groups excluding carboxylic acids is 4. The van der Waals surface area contributed by atoms with E-state index in [1.165, 1.54) is 4.90 Å². The van der Waals surface area contributed by atoms with Crippen LogP contribution >= 0.6 is 21.6 Å². The van der Waals surface area contributed by atoms with E-state index >= 15 is 0 Å². The van der Waals surface area contributed by atoms with Crippen LogP contribution < -0.4 is 16.0 Å². The minimum absolute atomic E-state index is 0.0599. The quantitative estimate of drug-likeness (QED) is 0.241. The first-order valence-corrected chi connectivity index (χ1v) is 17.1. The highest BCUT2D eigenvalue weighted by Crippen LogP contribution is 2.30. The van der Waals surface area contributed by atoms with Gasteiger partial charge in [0, 0.05) is 18.5 Å². The monoisotopic (exact) mass is 627 g/mol. The van der Waals surface area contributed by atoms with E-state index in [0.29, 0.717) is 25.8 Å². The SMILES string of the molecule is CC1(C)NC(=O)C(CCCCCSSc2ccccn2)NC(=O)C2CCCN2C(=O)C(COCc2ccccc2)NC1=O. The lowest BCUT2D eigenvalue weighted by Gasteiger charge is -2.34. The Labute approximate surface area is 261 Å². The van der Waals surface area contributed by atoms with Gasteiger partial charge in [0.25, 0.3) is 0 Å². The van der Waals surface area contributed by atoms with Crippen LogP contribution in [-0.4, -0.2) is 76.1 Å². The molecule has 2 fully saturated rings. The molecule has 3 atom stereocenters. The summed E-state index contributed by atoms with van der Waals surface area (Å²) < 4.78 is 5.83.